The molecule has 11 aromatic rings. The lowest BCUT2D eigenvalue weighted by molar-refractivity contribution is 0.669. The molecule has 0 unspecified atom stereocenters. The van der Waals surface area contributed by atoms with Gasteiger partial charge in [0.25, 0.3) is 0 Å². The molecule has 0 aliphatic heterocycles. The summed E-state index contributed by atoms with van der Waals surface area (Å²) in [7, 11) is 0. The van der Waals surface area contributed by atoms with Crippen molar-refractivity contribution in [3.63, 3.8) is 0 Å². The van der Waals surface area contributed by atoms with E-state index >= 15 is 0 Å². The third-order valence-corrected chi connectivity index (χ3v) is 10.2. The van der Waals surface area contributed by atoms with E-state index in [0.29, 0.717) is 22.1 Å². The van der Waals surface area contributed by atoms with E-state index in [4.69, 9.17) is 16.8 Å². The summed E-state index contributed by atoms with van der Waals surface area (Å²) < 4.78 is 123. The Balaban J connectivity index is 1.25. The zero-order valence-electron chi connectivity index (χ0n) is 40.9. The summed E-state index contributed by atoms with van der Waals surface area (Å²) >= 11 is 0. The third kappa shape index (κ3) is 4.64. The van der Waals surface area contributed by atoms with Gasteiger partial charge >= 0.3 is 0 Å². The summed E-state index contributed by atoms with van der Waals surface area (Å²) in [4.78, 5) is 0. The first-order valence-corrected chi connectivity index (χ1v) is 17.2. The second-order valence-electron chi connectivity index (χ2n) is 13.0. The molecule has 1 nitrogen and oxygen atoms in total. The molecule has 0 saturated carbocycles. The average Bonchev–Trinajstić information content (AvgIpc) is 3.72. The molecule has 0 aliphatic rings. The van der Waals surface area contributed by atoms with E-state index in [0.717, 1.165) is 49.2 Å². The van der Waals surface area contributed by atoms with Crippen LogP contribution in [-0.2, 0) is 0 Å². The van der Waals surface area contributed by atoms with Crippen LogP contribution in [0.1, 0.15) is 17.8 Å². The lowest BCUT2D eigenvalue weighted by Crippen LogP contribution is -1.92. The molecule has 0 spiro atoms. The fourth-order valence-electron chi connectivity index (χ4n) is 7.87. The maximum Gasteiger partial charge on any atom is 0.136 e. The fourth-order valence-corrected chi connectivity index (χ4v) is 7.87. The van der Waals surface area contributed by atoms with Crippen LogP contribution in [-0.4, -0.2) is 0 Å². The molecule has 1 aromatic heterocycles. The number of rotatable bonds is 4. The Bertz CT molecular complexity index is 3880. The standard InChI is InChI=1S/C52H32O/c1-2-14-34(15-3-1)50-42-19-8-10-21-44(42)51(45-22-11-9-20-43(45)50)46-29-28-40(38-17-6-7-18-39(38)46)41-23-12-24-49-52(41)47-32-37(27-30-48(47)53-49)36-26-25-33-13-4-5-16-35(33)31-36/h1-32H/i1D,2D,3D,8D,9D,10D,11D,14D,15D,19D,20D,21D,22D. The van der Waals surface area contributed by atoms with Crippen molar-refractivity contribution in [3.05, 3.63) is 194 Å². The zero-order chi connectivity index (χ0) is 46.2. The van der Waals surface area contributed by atoms with Crippen molar-refractivity contribution < 1.29 is 22.2 Å². The largest absolute Gasteiger partial charge is 0.456 e. The maximum absolute atomic E-state index is 9.46. The molecule has 1 heterocycles. The van der Waals surface area contributed by atoms with Crippen molar-refractivity contribution in [2.24, 2.45) is 0 Å². The van der Waals surface area contributed by atoms with Crippen LogP contribution in [0.2, 0.25) is 0 Å². The molecule has 0 saturated heterocycles. The first-order chi connectivity index (χ1) is 31.7. The van der Waals surface area contributed by atoms with E-state index in [1.165, 1.54) is 0 Å². The first-order valence-electron chi connectivity index (χ1n) is 23.7. The highest BCUT2D eigenvalue weighted by atomic mass is 16.3. The zero-order valence-corrected chi connectivity index (χ0v) is 27.9. The summed E-state index contributed by atoms with van der Waals surface area (Å²) in [5.74, 6) is 0. The SMILES string of the molecule is [2H]c1c([2H])c([2H])c(-c2c3c([2H])c([2H])c([2H])c([2H])c3c(-c3ccc(-c4cccc5oc6ccc(-c7ccc8ccccc8c7)cc6c45)c4ccccc34)c3c([2H])c([2H])c([2H])c([2H])c23)c([2H])c1[2H]. The van der Waals surface area contributed by atoms with Crippen molar-refractivity contribution in [2.75, 3.05) is 0 Å². The van der Waals surface area contributed by atoms with Gasteiger partial charge in [-0.05, 0) is 112 Å². The molecule has 246 valence electrons. The third-order valence-electron chi connectivity index (χ3n) is 10.2. The van der Waals surface area contributed by atoms with Crippen LogP contribution >= 0.6 is 0 Å². The summed E-state index contributed by atoms with van der Waals surface area (Å²) in [6, 6.07) is 29.3. The molecule has 0 bridgehead atoms. The van der Waals surface area contributed by atoms with Gasteiger partial charge in [-0.3, -0.25) is 0 Å². The van der Waals surface area contributed by atoms with Gasteiger partial charge in [-0.2, -0.15) is 0 Å². The number of benzene rings is 10. The van der Waals surface area contributed by atoms with Crippen LogP contribution in [0.5, 0.6) is 0 Å². The Morgan fingerprint density at radius 3 is 1.70 bits per heavy atom. The van der Waals surface area contributed by atoms with Crippen LogP contribution in [0.4, 0.5) is 0 Å². The van der Waals surface area contributed by atoms with Gasteiger partial charge in [-0.15, -0.1) is 0 Å². The van der Waals surface area contributed by atoms with Crippen molar-refractivity contribution in [2.45, 2.75) is 0 Å². The van der Waals surface area contributed by atoms with Crippen molar-refractivity contribution >= 4 is 65.0 Å². The van der Waals surface area contributed by atoms with Crippen LogP contribution in [0, 0.1) is 0 Å². The van der Waals surface area contributed by atoms with Crippen LogP contribution < -0.4 is 0 Å². The highest BCUT2D eigenvalue weighted by molar-refractivity contribution is 6.25. The quantitative estimate of drug-likeness (QED) is 0.168. The molecular formula is C52H32O. The molecule has 0 aliphatic carbocycles. The van der Waals surface area contributed by atoms with Crippen molar-refractivity contribution in [1.82, 2.24) is 0 Å². The first kappa shape index (κ1) is 19.6. The Hall–Kier alpha value is -6.96. The van der Waals surface area contributed by atoms with Gasteiger partial charge in [0, 0.05) is 10.8 Å². The molecule has 0 atom stereocenters. The van der Waals surface area contributed by atoms with E-state index < -0.39 is 84.1 Å². The normalized spacial score (nSPS) is 15.2. The Morgan fingerprint density at radius 1 is 0.340 bits per heavy atom. The molecule has 0 amide bonds. The Morgan fingerprint density at radius 2 is 0.943 bits per heavy atom. The summed E-state index contributed by atoms with van der Waals surface area (Å²) in [5.41, 5.74) is 4.74. The average molecular weight is 686 g/mol. The molecule has 1 heteroatoms. The van der Waals surface area contributed by atoms with Crippen LogP contribution in [0.15, 0.2) is 198 Å². The molecule has 0 radical (unpaired) electrons. The van der Waals surface area contributed by atoms with Gasteiger partial charge in [0.1, 0.15) is 11.2 Å². The molecule has 0 N–H and O–H groups in total. The van der Waals surface area contributed by atoms with E-state index in [9.17, 15) is 5.48 Å². The van der Waals surface area contributed by atoms with Gasteiger partial charge in [0.15, 0.2) is 0 Å². The van der Waals surface area contributed by atoms with Gasteiger partial charge in [-0.1, -0.05) is 170 Å². The number of hydrogen-bond donors (Lipinski definition) is 0. The minimum atomic E-state index is -0.718. The van der Waals surface area contributed by atoms with Crippen LogP contribution in [0.3, 0.4) is 0 Å². The number of fused-ring (bicyclic) bond motifs is 7. The monoisotopic (exact) mass is 685 g/mol. The van der Waals surface area contributed by atoms with Gasteiger partial charge < -0.3 is 4.42 Å². The lowest BCUT2D eigenvalue weighted by atomic mass is 9.83. The molecule has 0 fully saturated rings. The van der Waals surface area contributed by atoms with Gasteiger partial charge in [-0.25, -0.2) is 0 Å². The Labute approximate surface area is 325 Å². The number of hydrogen-bond acceptors (Lipinski definition) is 1. The van der Waals surface area contributed by atoms with Crippen molar-refractivity contribution in [3.8, 4) is 44.5 Å². The summed E-state index contributed by atoms with van der Waals surface area (Å²) in [5, 5.41) is 4.56. The lowest BCUT2D eigenvalue weighted by Gasteiger charge is -2.19. The van der Waals surface area contributed by atoms with Gasteiger partial charge in [0.05, 0.1) is 17.8 Å². The van der Waals surface area contributed by atoms with E-state index in [1.807, 2.05) is 72.8 Å². The number of furan rings is 1. The smallest absolute Gasteiger partial charge is 0.136 e. The predicted molar refractivity (Wildman–Crippen MR) is 225 cm³/mol. The summed E-state index contributed by atoms with van der Waals surface area (Å²) in [6.07, 6.45) is 0. The van der Waals surface area contributed by atoms with E-state index in [-0.39, 0.29) is 32.7 Å². The van der Waals surface area contributed by atoms with Crippen LogP contribution in [0.25, 0.3) is 110 Å². The second-order valence-corrected chi connectivity index (χ2v) is 13.0. The molecular weight excluding hydrogens is 641 g/mol. The maximum atomic E-state index is 9.46. The minimum Gasteiger partial charge on any atom is -0.456 e. The van der Waals surface area contributed by atoms with Gasteiger partial charge in [0.2, 0.25) is 0 Å². The van der Waals surface area contributed by atoms with E-state index in [1.54, 1.807) is 6.07 Å². The van der Waals surface area contributed by atoms with E-state index in [2.05, 4.69) is 36.4 Å². The fraction of sp³-hybridized carbons (Fsp3) is 0. The predicted octanol–water partition coefficient (Wildman–Crippen LogP) is 14.9. The molecule has 53 heavy (non-hydrogen) atoms. The molecule has 11 rings (SSSR count). The second kappa shape index (κ2) is 11.8. The summed E-state index contributed by atoms with van der Waals surface area (Å²) in [6.45, 7) is 0. The highest BCUT2D eigenvalue weighted by Crippen LogP contribution is 2.47. The Kier molecular flexibility index (Phi) is 4.36. The minimum absolute atomic E-state index is 0.0739. The molecule has 10 aromatic carbocycles. The van der Waals surface area contributed by atoms with Crippen molar-refractivity contribution in [1.29, 1.82) is 0 Å². The topological polar surface area (TPSA) is 13.1 Å². The highest BCUT2D eigenvalue weighted by Gasteiger charge is 2.20.